The van der Waals surface area contributed by atoms with Gasteiger partial charge < -0.3 is 4.74 Å². The van der Waals surface area contributed by atoms with Crippen molar-refractivity contribution < 1.29 is 9.53 Å². The van der Waals surface area contributed by atoms with E-state index in [1.165, 1.54) is 103 Å². The van der Waals surface area contributed by atoms with Crippen LogP contribution in [0.5, 0.6) is 0 Å². The summed E-state index contributed by atoms with van der Waals surface area (Å²) in [5, 5.41) is 0. The van der Waals surface area contributed by atoms with Gasteiger partial charge >= 0.3 is 5.97 Å². The molecule has 0 bridgehead atoms. The first-order chi connectivity index (χ1) is 14.0. The van der Waals surface area contributed by atoms with Crippen LogP contribution in [-0.2, 0) is 9.53 Å². The Kier molecular flexibility index (Phi) is 19.9. The molecule has 172 valence electrons. The molecule has 0 aliphatic rings. The van der Waals surface area contributed by atoms with Gasteiger partial charge in [-0.2, -0.15) is 0 Å². The van der Waals surface area contributed by atoms with Crippen molar-refractivity contribution in [2.24, 2.45) is 5.92 Å². The number of hydrogen-bond acceptors (Lipinski definition) is 2. The Bertz CT molecular complexity index is 386. The van der Waals surface area contributed by atoms with Gasteiger partial charge in [0.15, 0.2) is 0 Å². The van der Waals surface area contributed by atoms with Gasteiger partial charge in [0.05, 0.1) is 0 Å². The highest BCUT2D eigenvalue weighted by molar-refractivity contribution is 5.87. The number of unbranched alkanes of at least 4 members (excludes halogenated alkanes) is 13. The van der Waals surface area contributed by atoms with Crippen LogP contribution in [0.4, 0.5) is 0 Å². The Morgan fingerprint density at radius 2 is 1.07 bits per heavy atom. The maximum absolute atomic E-state index is 12.0. The van der Waals surface area contributed by atoms with Gasteiger partial charge in [-0.3, -0.25) is 0 Å². The molecule has 2 heteroatoms. The highest BCUT2D eigenvalue weighted by atomic mass is 16.5. The van der Waals surface area contributed by atoms with Gasteiger partial charge in [0.1, 0.15) is 6.10 Å². The smallest absolute Gasteiger partial charge is 0.333 e. The van der Waals surface area contributed by atoms with E-state index < -0.39 is 0 Å². The number of ether oxygens (including phenoxy) is 1. The third kappa shape index (κ3) is 20.3. The molecule has 0 N–H and O–H groups in total. The lowest BCUT2D eigenvalue weighted by Crippen LogP contribution is -2.18. The maximum Gasteiger partial charge on any atom is 0.333 e. The molecule has 0 aromatic carbocycles. The van der Waals surface area contributed by atoms with Crippen molar-refractivity contribution in [3.05, 3.63) is 12.2 Å². The number of carbonyl (C=O) groups is 1. The molecule has 1 unspecified atom stereocenters. The summed E-state index contributed by atoms with van der Waals surface area (Å²) >= 11 is 0. The van der Waals surface area contributed by atoms with E-state index in [0.29, 0.717) is 5.57 Å². The summed E-state index contributed by atoms with van der Waals surface area (Å²) in [7, 11) is 0. The first kappa shape index (κ1) is 28.2. The fourth-order valence-electron chi connectivity index (χ4n) is 3.83. The van der Waals surface area contributed by atoms with Gasteiger partial charge in [-0.15, -0.1) is 0 Å². The summed E-state index contributed by atoms with van der Waals surface area (Å²) in [5.74, 6) is 0.612. The first-order valence-corrected chi connectivity index (χ1v) is 12.8. The molecule has 0 saturated carbocycles. The minimum absolute atomic E-state index is 0.0870. The maximum atomic E-state index is 12.0. The van der Waals surface area contributed by atoms with Crippen molar-refractivity contribution in [1.29, 1.82) is 0 Å². The van der Waals surface area contributed by atoms with Gasteiger partial charge in [0.25, 0.3) is 0 Å². The summed E-state index contributed by atoms with van der Waals surface area (Å²) in [6.07, 6.45) is 23.3. The molecule has 0 aromatic heterocycles. The van der Waals surface area contributed by atoms with E-state index in [1.54, 1.807) is 6.92 Å². The summed E-state index contributed by atoms with van der Waals surface area (Å²) in [6, 6.07) is 0. The van der Waals surface area contributed by atoms with Gasteiger partial charge in [0.2, 0.25) is 0 Å². The molecular formula is C27H52O2. The number of rotatable bonds is 21. The van der Waals surface area contributed by atoms with Crippen LogP contribution in [0, 0.1) is 5.92 Å². The highest BCUT2D eigenvalue weighted by Crippen LogP contribution is 2.18. The van der Waals surface area contributed by atoms with Crippen LogP contribution >= 0.6 is 0 Å². The van der Waals surface area contributed by atoms with Crippen molar-refractivity contribution in [1.82, 2.24) is 0 Å². The summed E-state index contributed by atoms with van der Waals surface area (Å²) in [5.41, 5.74) is 0.520. The molecule has 0 spiro atoms. The molecular weight excluding hydrogens is 356 g/mol. The van der Waals surface area contributed by atoms with E-state index in [9.17, 15) is 4.79 Å². The van der Waals surface area contributed by atoms with Crippen molar-refractivity contribution >= 4 is 5.97 Å². The highest BCUT2D eigenvalue weighted by Gasteiger charge is 2.14. The SMILES string of the molecule is C=C(C)C(=O)OC(CCCCCCCCCCCC)CCCCCCCC(C)C. The van der Waals surface area contributed by atoms with E-state index in [1.807, 2.05) is 0 Å². The lowest BCUT2D eigenvalue weighted by Gasteiger charge is -2.18. The monoisotopic (exact) mass is 408 g/mol. The second-order valence-electron chi connectivity index (χ2n) is 9.52. The molecule has 29 heavy (non-hydrogen) atoms. The van der Waals surface area contributed by atoms with Crippen LogP contribution in [0.2, 0.25) is 0 Å². The summed E-state index contributed by atoms with van der Waals surface area (Å²) in [4.78, 5) is 12.0. The predicted molar refractivity (Wildman–Crippen MR) is 128 cm³/mol. The second kappa shape index (κ2) is 20.5. The molecule has 0 heterocycles. The van der Waals surface area contributed by atoms with Crippen LogP contribution in [-0.4, -0.2) is 12.1 Å². The largest absolute Gasteiger partial charge is 0.459 e. The fraction of sp³-hybridized carbons (Fsp3) is 0.889. The average Bonchev–Trinajstić information content (AvgIpc) is 2.67. The zero-order chi connectivity index (χ0) is 21.7. The van der Waals surface area contributed by atoms with Crippen molar-refractivity contribution in [2.45, 2.75) is 149 Å². The molecule has 0 radical (unpaired) electrons. The lowest BCUT2D eigenvalue weighted by atomic mass is 10.0. The minimum atomic E-state index is -0.209. The van der Waals surface area contributed by atoms with E-state index >= 15 is 0 Å². The Morgan fingerprint density at radius 3 is 1.45 bits per heavy atom. The standard InChI is InChI=1S/C27H52O2/c1-6-7-8-9-10-11-12-13-16-19-22-26(29-27(28)25(4)5)23-20-17-14-15-18-21-24(2)3/h24,26H,4,6-23H2,1-3,5H3. The number of esters is 1. The molecule has 0 amide bonds. The fourth-order valence-corrected chi connectivity index (χ4v) is 3.83. The topological polar surface area (TPSA) is 26.3 Å². The predicted octanol–water partition coefficient (Wildman–Crippen LogP) is 9.17. The Labute approximate surface area is 183 Å². The Hall–Kier alpha value is -0.790. The molecule has 0 aliphatic carbocycles. The van der Waals surface area contributed by atoms with E-state index in [-0.39, 0.29) is 12.1 Å². The Balaban J connectivity index is 3.86. The van der Waals surface area contributed by atoms with E-state index in [0.717, 1.165) is 18.8 Å². The Morgan fingerprint density at radius 1 is 0.690 bits per heavy atom. The average molecular weight is 409 g/mol. The molecule has 2 nitrogen and oxygen atoms in total. The van der Waals surface area contributed by atoms with Crippen molar-refractivity contribution in [2.75, 3.05) is 0 Å². The molecule has 0 rings (SSSR count). The van der Waals surface area contributed by atoms with Gasteiger partial charge in [0, 0.05) is 5.57 Å². The zero-order valence-corrected chi connectivity index (χ0v) is 20.4. The van der Waals surface area contributed by atoms with E-state index in [2.05, 4.69) is 27.4 Å². The lowest BCUT2D eigenvalue weighted by molar-refractivity contribution is -0.145. The van der Waals surface area contributed by atoms with E-state index in [4.69, 9.17) is 4.74 Å². The third-order valence-electron chi connectivity index (χ3n) is 5.81. The summed E-state index contributed by atoms with van der Waals surface area (Å²) < 4.78 is 5.72. The second-order valence-corrected chi connectivity index (χ2v) is 9.52. The molecule has 0 aromatic rings. The van der Waals surface area contributed by atoms with Gasteiger partial charge in [-0.25, -0.2) is 4.79 Å². The van der Waals surface area contributed by atoms with Crippen LogP contribution in [0.25, 0.3) is 0 Å². The zero-order valence-electron chi connectivity index (χ0n) is 20.4. The quantitative estimate of drug-likeness (QED) is 0.107. The summed E-state index contributed by atoms with van der Waals surface area (Å²) in [6.45, 7) is 12.4. The van der Waals surface area contributed by atoms with Gasteiger partial charge in [-0.1, -0.05) is 117 Å². The molecule has 0 fully saturated rings. The molecule has 0 saturated heterocycles. The van der Waals surface area contributed by atoms with Gasteiger partial charge in [-0.05, 0) is 38.5 Å². The van der Waals surface area contributed by atoms with Crippen LogP contribution < -0.4 is 0 Å². The van der Waals surface area contributed by atoms with Crippen LogP contribution in [0.1, 0.15) is 143 Å². The first-order valence-electron chi connectivity index (χ1n) is 12.8. The third-order valence-corrected chi connectivity index (χ3v) is 5.81. The van der Waals surface area contributed by atoms with Crippen molar-refractivity contribution in [3.8, 4) is 0 Å². The molecule has 1 atom stereocenters. The van der Waals surface area contributed by atoms with Crippen molar-refractivity contribution in [3.63, 3.8) is 0 Å². The normalized spacial score (nSPS) is 12.3. The number of hydrogen-bond donors (Lipinski definition) is 0. The minimum Gasteiger partial charge on any atom is -0.459 e. The van der Waals surface area contributed by atoms with Crippen LogP contribution in [0.3, 0.4) is 0 Å². The number of carbonyl (C=O) groups excluding carboxylic acids is 1. The molecule has 0 aliphatic heterocycles. The van der Waals surface area contributed by atoms with Crippen LogP contribution in [0.15, 0.2) is 12.2 Å².